The number of aliphatic hydroxyl groups is 1. The fraction of sp³-hybridized carbons (Fsp3) is 0.600. The molecule has 0 heterocycles. The van der Waals surface area contributed by atoms with Gasteiger partial charge in [0.15, 0.2) is 0 Å². The molecule has 18 heavy (non-hydrogen) atoms. The highest BCUT2D eigenvalue weighted by atomic mass is 16.3. The summed E-state index contributed by atoms with van der Waals surface area (Å²) in [6.07, 6.45) is 0.532. The third-order valence-corrected chi connectivity index (χ3v) is 3.00. The highest BCUT2D eigenvalue weighted by Crippen LogP contribution is 2.22. The number of hydrogen-bond acceptors (Lipinski definition) is 3. The molecule has 1 aromatic carbocycles. The molecule has 0 bridgehead atoms. The van der Waals surface area contributed by atoms with Crippen LogP contribution in [0.15, 0.2) is 12.1 Å². The number of phenolic OH excluding ortho intramolecular Hbond substituents is 1. The standard InChI is InChI=1S/C15H25NO2/c1-10(2)5-14(17)9-16-8-13-6-11(3)15(18)12(4)7-13/h6-7,10,14,16-18H,5,8-9H2,1-4H3. The van der Waals surface area contributed by atoms with Gasteiger partial charge in [-0.1, -0.05) is 26.0 Å². The highest BCUT2D eigenvalue weighted by Gasteiger charge is 2.07. The van der Waals surface area contributed by atoms with Crippen molar-refractivity contribution in [3.63, 3.8) is 0 Å². The lowest BCUT2D eigenvalue weighted by atomic mass is 10.0. The zero-order chi connectivity index (χ0) is 13.7. The maximum absolute atomic E-state index is 9.75. The first-order valence-corrected chi connectivity index (χ1v) is 6.58. The monoisotopic (exact) mass is 251 g/mol. The second kappa shape index (κ2) is 6.76. The Kier molecular flexibility index (Phi) is 5.63. The number of phenols is 1. The van der Waals surface area contributed by atoms with Gasteiger partial charge in [0.05, 0.1) is 6.10 Å². The lowest BCUT2D eigenvalue weighted by molar-refractivity contribution is 0.146. The van der Waals surface area contributed by atoms with Gasteiger partial charge in [-0.05, 0) is 42.9 Å². The predicted octanol–water partition coefficient (Wildman–Crippen LogP) is 2.51. The Morgan fingerprint density at radius 2 is 1.72 bits per heavy atom. The lowest BCUT2D eigenvalue weighted by Crippen LogP contribution is -2.27. The summed E-state index contributed by atoms with van der Waals surface area (Å²) in [5.41, 5.74) is 2.93. The Balaban J connectivity index is 2.45. The van der Waals surface area contributed by atoms with Crippen LogP contribution in [0.1, 0.15) is 37.0 Å². The van der Waals surface area contributed by atoms with E-state index in [2.05, 4.69) is 19.2 Å². The van der Waals surface area contributed by atoms with E-state index in [1.54, 1.807) is 0 Å². The number of nitrogens with one attached hydrogen (secondary N) is 1. The number of benzene rings is 1. The van der Waals surface area contributed by atoms with E-state index in [-0.39, 0.29) is 6.10 Å². The van der Waals surface area contributed by atoms with Crippen molar-refractivity contribution in [3.05, 3.63) is 28.8 Å². The van der Waals surface area contributed by atoms with Crippen molar-refractivity contribution >= 4 is 0 Å². The third-order valence-electron chi connectivity index (χ3n) is 3.00. The zero-order valence-electron chi connectivity index (χ0n) is 11.8. The Labute approximate surface area is 110 Å². The van der Waals surface area contributed by atoms with Gasteiger partial charge in [-0.25, -0.2) is 0 Å². The molecule has 102 valence electrons. The molecule has 0 radical (unpaired) electrons. The van der Waals surface area contributed by atoms with Crippen molar-refractivity contribution in [2.45, 2.75) is 46.8 Å². The molecule has 0 aliphatic heterocycles. The van der Waals surface area contributed by atoms with Gasteiger partial charge in [-0.15, -0.1) is 0 Å². The van der Waals surface area contributed by atoms with Gasteiger partial charge in [-0.2, -0.15) is 0 Å². The first-order valence-electron chi connectivity index (χ1n) is 6.58. The number of aromatic hydroxyl groups is 1. The molecule has 1 atom stereocenters. The smallest absolute Gasteiger partial charge is 0.121 e. The van der Waals surface area contributed by atoms with Gasteiger partial charge in [-0.3, -0.25) is 0 Å². The molecule has 0 saturated heterocycles. The summed E-state index contributed by atoms with van der Waals surface area (Å²) in [5.74, 6) is 0.888. The Hall–Kier alpha value is -1.06. The van der Waals surface area contributed by atoms with Crippen LogP contribution in [-0.2, 0) is 6.54 Å². The van der Waals surface area contributed by atoms with Gasteiger partial charge in [0.1, 0.15) is 5.75 Å². The van der Waals surface area contributed by atoms with Crippen LogP contribution in [0.4, 0.5) is 0 Å². The van der Waals surface area contributed by atoms with E-state index >= 15 is 0 Å². The quantitative estimate of drug-likeness (QED) is 0.728. The maximum atomic E-state index is 9.75. The molecule has 0 amide bonds. The van der Waals surface area contributed by atoms with Gasteiger partial charge >= 0.3 is 0 Å². The minimum atomic E-state index is -0.288. The van der Waals surface area contributed by atoms with Gasteiger partial charge in [0, 0.05) is 13.1 Å². The van der Waals surface area contributed by atoms with Gasteiger partial charge in [0.2, 0.25) is 0 Å². The average Bonchev–Trinajstić information content (AvgIpc) is 2.24. The fourth-order valence-electron chi connectivity index (χ4n) is 2.16. The minimum absolute atomic E-state index is 0.288. The van der Waals surface area contributed by atoms with Crippen LogP contribution >= 0.6 is 0 Å². The topological polar surface area (TPSA) is 52.5 Å². The average molecular weight is 251 g/mol. The number of hydrogen-bond donors (Lipinski definition) is 3. The second-order valence-electron chi connectivity index (χ2n) is 5.49. The van der Waals surface area contributed by atoms with E-state index in [4.69, 9.17) is 0 Å². The molecule has 0 spiro atoms. The SMILES string of the molecule is Cc1cc(CNCC(O)CC(C)C)cc(C)c1O. The molecule has 0 fully saturated rings. The summed E-state index contributed by atoms with van der Waals surface area (Å²) < 4.78 is 0. The van der Waals surface area contributed by atoms with Crippen molar-refractivity contribution in [3.8, 4) is 5.75 Å². The van der Waals surface area contributed by atoms with Crippen LogP contribution in [0.25, 0.3) is 0 Å². The molecule has 1 rings (SSSR count). The summed E-state index contributed by atoms with van der Waals surface area (Å²) in [4.78, 5) is 0. The largest absolute Gasteiger partial charge is 0.507 e. The molecule has 0 saturated carbocycles. The second-order valence-corrected chi connectivity index (χ2v) is 5.49. The van der Waals surface area contributed by atoms with Gasteiger partial charge in [0.25, 0.3) is 0 Å². The molecule has 3 nitrogen and oxygen atoms in total. The summed E-state index contributed by atoms with van der Waals surface area (Å²) >= 11 is 0. The van der Waals surface area contributed by atoms with E-state index in [0.717, 1.165) is 29.7 Å². The molecule has 1 aromatic rings. The normalized spacial score (nSPS) is 13.0. The molecule has 3 N–H and O–H groups in total. The van der Waals surface area contributed by atoms with Crippen LogP contribution in [0.3, 0.4) is 0 Å². The molecular formula is C15H25NO2. The van der Waals surface area contributed by atoms with E-state index in [9.17, 15) is 10.2 Å². The Bertz CT molecular complexity index is 365. The van der Waals surface area contributed by atoms with Crippen LogP contribution in [-0.4, -0.2) is 22.9 Å². The molecular weight excluding hydrogens is 226 g/mol. The third kappa shape index (κ3) is 4.67. The molecule has 0 aliphatic rings. The Morgan fingerprint density at radius 1 is 1.17 bits per heavy atom. The van der Waals surface area contributed by atoms with E-state index < -0.39 is 0 Å². The summed E-state index contributed by atoms with van der Waals surface area (Å²) in [6, 6.07) is 3.95. The van der Waals surface area contributed by atoms with E-state index in [1.165, 1.54) is 0 Å². The van der Waals surface area contributed by atoms with Gasteiger partial charge < -0.3 is 15.5 Å². The highest BCUT2D eigenvalue weighted by molar-refractivity contribution is 5.42. The Morgan fingerprint density at radius 3 is 2.22 bits per heavy atom. The molecule has 0 aliphatic carbocycles. The minimum Gasteiger partial charge on any atom is -0.507 e. The summed E-state index contributed by atoms with van der Waals surface area (Å²) in [7, 11) is 0. The summed E-state index contributed by atoms with van der Waals surface area (Å²) in [6.45, 7) is 9.35. The van der Waals surface area contributed by atoms with E-state index in [0.29, 0.717) is 18.2 Å². The van der Waals surface area contributed by atoms with E-state index in [1.807, 2.05) is 26.0 Å². The van der Waals surface area contributed by atoms with Crippen molar-refractivity contribution in [1.29, 1.82) is 0 Å². The van der Waals surface area contributed by atoms with Crippen molar-refractivity contribution in [1.82, 2.24) is 5.32 Å². The molecule has 3 heteroatoms. The van der Waals surface area contributed by atoms with Crippen molar-refractivity contribution in [2.24, 2.45) is 5.92 Å². The van der Waals surface area contributed by atoms with Crippen LogP contribution < -0.4 is 5.32 Å². The fourth-order valence-corrected chi connectivity index (χ4v) is 2.16. The zero-order valence-corrected chi connectivity index (χ0v) is 11.8. The number of rotatable bonds is 6. The lowest BCUT2D eigenvalue weighted by Gasteiger charge is -2.14. The first-order chi connectivity index (χ1) is 8.40. The van der Waals surface area contributed by atoms with Crippen LogP contribution in [0, 0.1) is 19.8 Å². The van der Waals surface area contributed by atoms with Crippen LogP contribution in [0.2, 0.25) is 0 Å². The van der Waals surface area contributed by atoms with Crippen molar-refractivity contribution < 1.29 is 10.2 Å². The number of aliphatic hydroxyl groups excluding tert-OH is 1. The van der Waals surface area contributed by atoms with Crippen molar-refractivity contribution in [2.75, 3.05) is 6.54 Å². The molecule has 0 aromatic heterocycles. The predicted molar refractivity (Wildman–Crippen MR) is 74.7 cm³/mol. The summed E-state index contributed by atoms with van der Waals surface area (Å²) in [5, 5.41) is 22.7. The maximum Gasteiger partial charge on any atom is 0.121 e. The number of aryl methyl sites for hydroxylation is 2. The van der Waals surface area contributed by atoms with Crippen LogP contribution in [0.5, 0.6) is 5.75 Å². The first kappa shape index (κ1) is 15.0. The molecule has 1 unspecified atom stereocenters.